The molecule has 9 heteroatoms. The summed E-state index contributed by atoms with van der Waals surface area (Å²) in [5, 5.41) is 16.6. The monoisotopic (exact) mass is 448 g/mol. The SMILES string of the molecule is CC(C)Oc1cc2nc(C3CCC(CO)CC3)cn2cc1C(=O)Nc1cnn2cccnc12. The molecule has 5 rings (SSSR count). The Hall–Kier alpha value is -3.46. The topological polar surface area (TPSA) is 106 Å². The van der Waals surface area contributed by atoms with Crippen molar-refractivity contribution in [2.75, 3.05) is 11.9 Å². The van der Waals surface area contributed by atoms with E-state index in [0.29, 0.717) is 34.5 Å². The fourth-order valence-electron chi connectivity index (χ4n) is 4.50. The maximum absolute atomic E-state index is 13.3. The number of fused-ring (bicyclic) bond motifs is 2. The van der Waals surface area contributed by atoms with E-state index < -0.39 is 0 Å². The van der Waals surface area contributed by atoms with Gasteiger partial charge < -0.3 is 19.6 Å². The van der Waals surface area contributed by atoms with Gasteiger partial charge in [0.2, 0.25) is 0 Å². The quantitative estimate of drug-likeness (QED) is 0.466. The van der Waals surface area contributed by atoms with Gasteiger partial charge in [0.25, 0.3) is 5.91 Å². The van der Waals surface area contributed by atoms with Crippen LogP contribution in [0.5, 0.6) is 5.75 Å². The number of rotatable bonds is 6. The van der Waals surface area contributed by atoms with E-state index in [9.17, 15) is 9.90 Å². The van der Waals surface area contributed by atoms with Crippen molar-refractivity contribution in [2.24, 2.45) is 5.92 Å². The second kappa shape index (κ2) is 8.82. The summed E-state index contributed by atoms with van der Waals surface area (Å²) in [4.78, 5) is 22.4. The van der Waals surface area contributed by atoms with Gasteiger partial charge in [-0.25, -0.2) is 14.5 Å². The molecule has 1 amide bonds. The van der Waals surface area contributed by atoms with Gasteiger partial charge in [0.15, 0.2) is 5.65 Å². The van der Waals surface area contributed by atoms with E-state index in [4.69, 9.17) is 9.72 Å². The summed E-state index contributed by atoms with van der Waals surface area (Å²) < 4.78 is 9.49. The molecular weight excluding hydrogens is 420 g/mol. The molecule has 4 heterocycles. The normalized spacial score (nSPS) is 18.8. The fraction of sp³-hybridized carbons (Fsp3) is 0.417. The summed E-state index contributed by atoms with van der Waals surface area (Å²) >= 11 is 0. The number of ether oxygens (including phenoxy) is 1. The molecule has 0 saturated heterocycles. The number of carbonyl (C=O) groups excluding carboxylic acids is 1. The number of hydrogen-bond donors (Lipinski definition) is 2. The van der Waals surface area contributed by atoms with Crippen LogP contribution in [0, 0.1) is 5.92 Å². The lowest BCUT2D eigenvalue weighted by Gasteiger charge is -2.25. The van der Waals surface area contributed by atoms with E-state index >= 15 is 0 Å². The van der Waals surface area contributed by atoms with Gasteiger partial charge in [-0.3, -0.25) is 4.79 Å². The molecular formula is C24H28N6O3. The average molecular weight is 449 g/mol. The van der Waals surface area contributed by atoms with Gasteiger partial charge in [-0.2, -0.15) is 5.10 Å². The minimum absolute atomic E-state index is 0.0964. The smallest absolute Gasteiger partial charge is 0.261 e. The number of pyridine rings is 1. The summed E-state index contributed by atoms with van der Waals surface area (Å²) in [5.41, 5.74) is 3.29. The van der Waals surface area contributed by atoms with E-state index in [1.165, 1.54) is 0 Å². The zero-order valence-corrected chi connectivity index (χ0v) is 18.8. The number of aliphatic hydroxyl groups is 1. The summed E-state index contributed by atoms with van der Waals surface area (Å²) in [7, 11) is 0. The molecule has 1 aliphatic carbocycles. The lowest BCUT2D eigenvalue weighted by Crippen LogP contribution is -2.16. The largest absolute Gasteiger partial charge is 0.490 e. The summed E-state index contributed by atoms with van der Waals surface area (Å²) in [6.45, 7) is 4.11. The highest BCUT2D eigenvalue weighted by Gasteiger charge is 2.25. The molecule has 0 bridgehead atoms. The molecule has 1 fully saturated rings. The van der Waals surface area contributed by atoms with Gasteiger partial charge in [0.1, 0.15) is 17.1 Å². The highest BCUT2D eigenvalue weighted by molar-refractivity contribution is 6.07. The van der Waals surface area contributed by atoms with Crippen LogP contribution in [-0.2, 0) is 0 Å². The average Bonchev–Trinajstić information content (AvgIpc) is 3.42. The van der Waals surface area contributed by atoms with E-state index in [-0.39, 0.29) is 18.6 Å². The first-order valence-electron chi connectivity index (χ1n) is 11.4. The van der Waals surface area contributed by atoms with Crippen molar-refractivity contribution in [1.82, 2.24) is 24.0 Å². The van der Waals surface area contributed by atoms with Gasteiger partial charge >= 0.3 is 0 Å². The van der Waals surface area contributed by atoms with Crippen molar-refractivity contribution >= 4 is 22.9 Å². The summed E-state index contributed by atoms with van der Waals surface area (Å²) in [6, 6.07) is 3.60. The van der Waals surface area contributed by atoms with Crippen molar-refractivity contribution in [3.63, 3.8) is 0 Å². The molecule has 0 aromatic carbocycles. The molecule has 1 aliphatic rings. The Labute approximate surface area is 191 Å². The number of anilines is 1. The molecule has 4 aromatic rings. The summed E-state index contributed by atoms with van der Waals surface area (Å²) in [6.07, 6.45) is 12.8. The molecule has 1 saturated carbocycles. The molecule has 2 N–H and O–H groups in total. The Morgan fingerprint density at radius 3 is 2.85 bits per heavy atom. The van der Waals surface area contributed by atoms with Gasteiger partial charge in [-0.15, -0.1) is 0 Å². The van der Waals surface area contributed by atoms with Crippen LogP contribution in [0.1, 0.15) is 61.5 Å². The van der Waals surface area contributed by atoms with Gasteiger partial charge in [0.05, 0.1) is 23.6 Å². The molecule has 0 radical (unpaired) electrons. The Morgan fingerprint density at radius 1 is 1.27 bits per heavy atom. The Bertz CT molecular complexity index is 1290. The van der Waals surface area contributed by atoms with Crippen molar-refractivity contribution < 1.29 is 14.6 Å². The second-order valence-electron chi connectivity index (χ2n) is 8.95. The Kier molecular flexibility index (Phi) is 5.72. The highest BCUT2D eigenvalue weighted by Crippen LogP contribution is 2.35. The molecule has 172 valence electrons. The van der Waals surface area contributed by atoms with E-state index in [1.807, 2.05) is 30.5 Å². The minimum atomic E-state index is -0.299. The maximum atomic E-state index is 13.3. The van der Waals surface area contributed by atoms with Crippen LogP contribution < -0.4 is 10.1 Å². The fourth-order valence-corrected chi connectivity index (χ4v) is 4.50. The number of aromatic nitrogens is 5. The van der Waals surface area contributed by atoms with Crippen LogP contribution in [0.2, 0.25) is 0 Å². The third-order valence-electron chi connectivity index (χ3n) is 6.23. The molecule has 33 heavy (non-hydrogen) atoms. The van der Waals surface area contributed by atoms with Gasteiger partial charge in [-0.1, -0.05) is 0 Å². The van der Waals surface area contributed by atoms with Crippen LogP contribution in [0.3, 0.4) is 0 Å². The van der Waals surface area contributed by atoms with Crippen LogP contribution in [0.4, 0.5) is 5.69 Å². The second-order valence-corrected chi connectivity index (χ2v) is 8.95. The first-order chi connectivity index (χ1) is 16.0. The zero-order chi connectivity index (χ0) is 22.9. The first-order valence-corrected chi connectivity index (χ1v) is 11.4. The lowest BCUT2D eigenvalue weighted by atomic mass is 9.81. The van der Waals surface area contributed by atoms with E-state index in [0.717, 1.165) is 37.0 Å². The third-order valence-corrected chi connectivity index (χ3v) is 6.23. The van der Waals surface area contributed by atoms with E-state index in [2.05, 4.69) is 15.4 Å². The molecule has 0 aliphatic heterocycles. The number of nitrogens with one attached hydrogen (secondary N) is 1. The molecule has 0 atom stereocenters. The molecule has 0 unspecified atom stereocenters. The Balaban J connectivity index is 1.46. The van der Waals surface area contributed by atoms with Crippen molar-refractivity contribution in [2.45, 2.75) is 51.6 Å². The van der Waals surface area contributed by atoms with Crippen LogP contribution in [0.25, 0.3) is 11.3 Å². The van der Waals surface area contributed by atoms with Crippen LogP contribution >= 0.6 is 0 Å². The number of nitrogens with zero attached hydrogens (tertiary/aromatic N) is 5. The highest BCUT2D eigenvalue weighted by atomic mass is 16.5. The lowest BCUT2D eigenvalue weighted by molar-refractivity contribution is 0.102. The number of hydrogen-bond acceptors (Lipinski definition) is 6. The van der Waals surface area contributed by atoms with Gasteiger partial charge in [0, 0.05) is 43.4 Å². The maximum Gasteiger partial charge on any atom is 0.261 e. The van der Waals surface area contributed by atoms with Crippen molar-refractivity contribution in [3.05, 3.63) is 54.4 Å². The van der Waals surface area contributed by atoms with Crippen molar-refractivity contribution in [3.8, 4) is 5.75 Å². The van der Waals surface area contributed by atoms with E-state index in [1.54, 1.807) is 35.4 Å². The first kappa shape index (κ1) is 21.4. The molecule has 0 spiro atoms. The zero-order valence-electron chi connectivity index (χ0n) is 18.8. The number of imidazole rings is 1. The predicted octanol–water partition coefficient (Wildman–Crippen LogP) is 3.68. The molecule has 9 nitrogen and oxygen atoms in total. The van der Waals surface area contributed by atoms with Gasteiger partial charge in [-0.05, 0) is 51.5 Å². The van der Waals surface area contributed by atoms with Crippen LogP contribution in [0.15, 0.2) is 43.1 Å². The third kappa shape index (κ3) is 4.28. The number of aliphatic hydroxyl groups excluding tert-OH is 1. The summed E-state index contributed by atoms with van der Waals surface area (Å²) in [5.74, 6) is 0.950. The van der Waals surface area contributed by atoms with Crippen molar-refractivity contribution in [1.29, 1.82) is 0 Å². The molecule has 4 aromatic heterocycles. The van der Waals surface area contributed by atoms with Crippen LogP contribution in [-0.4, -0.2) is 47.7 Å². The number of amides is 1. The predicted molar refractivity (Wildman–Crippen MR) is 124 cm³/mol. The minimum Gasteiger partial charge on any atom is -0.490 e. The Morgan fingerprint density at radius 2 is 2.09 bits per heavy atom. The number of carbonyl (C=O) groups is 1. The standard InChI is InChI=1S/C24H28N6O3/c1-15(2)33-21-10-22-27-20(17-6-4-16(14-31)5-7-17)13-29(22)12-18(21)24(32)28-19-11-26-30-9-3-8-25-23(19)30/h3,8-13,15-17,31H,4-7,14H2,1-2H3,(H,28,32).